The zero-order valence-corrected chi connectivity index (χ0v) is 14.4. The number of benzene rings is 1. The summed E-state index contributed by atoms with van der Waals surface area (Å²) in [6, 6.07) is 12.6. The summed E-state index contributed by atoms with van der Waals surface area (Å²) in [6.07, 6.45) is 5.02. The molecule has 0 bridgehead atoms. The van der Waals surface area contributed by atoms with E-state index in [0.29, 0.717) is 5.56 Å². The maximum absolute atomic E-state index is 12.6. The summed E-state index contributed by atoms with van der Waals surface area (Å²) >= 11 is 0. The van der Waals surface area contributed by atoms with E-state index in [-0.39, 0.29) is 30.3 Å². The molecule has 0 unspecified atom stereocenters. The number of furan rings is 1. The van der Waals surface area contributed by atoms with Gasteiger partial charge in [0.2, 0.25) is 5.91 Å². The molecule has 0 saturated heterocycles. The van der Waals surface area contributed by atoms with Gasteiger partial charge in [-0.1, -0.05) is 25.0 Å². The third kappa shape index (κ3) is 4.12. The van der Waals surface area contributed by atoms with Crippen LogP contribution in [-0.4, -0.2) is 24.4 Å². The van der Waals surface area contributed by atoms with Gasteiger partial charge in [0.25, 0.3) is 5.91 Å². The average Bonchev–Trinajstić information content (AvgIpc) is 3.21. The van der Waals surface area contributed by atoms with Crippen molar-refractivity contribution in [2.45, 2.75) is 31.7 Å². The van der Waals surface area contributed by atoms with Crippen molar-refractivity contribution in [3.8, 4) is 17.4 Å². The molecule has 134 valence electrons. The normalized spacial score (nSPS) is 19.3. The van der Waals surface area contributed by atoms with Gasteiger partial charge in [-0.15, -0.1) is 0 Å². The highest BCUT2D eigenvalue weighted by molar-refractivity contribution is 5.95. The van der Waals surface area contributed by atoms with Crippen LogP contribution in [0, 0.1) is 17.2 Å². The molecule has 3 rings (SSSR count). The molecule has 26 heavy (non-hydrogen) atoms. The number of carbonyl (C=O) groups is 2. The first-order chi connectivity index (χ1) is 12.7. The molecule has 1 saturated carbocycles. The van der Waals surface area contributed by atoms with Gasteiger partial charge in [0, 0.05) is 17.2 Å². The van der Waals surface area contributed by atoms with Crippen LogP contribution in [0.25, 0.3) is 11.3 Å². The zero-order valence-electron chi connectivity index (χ0n) is 14.4. The quantitative estimate of drug-likeness (QED) is 0.810. The van der Waals surface area contributed by atoms with Crippen molar-refractivity contribution in [1.82, 2.24) is 10.6 Å². The van der Waals surface area contributed by atoms with Crippen LogP contribution in [-0.2, 0) is 4.79 Å². The van der Waals surface area contributed by atoms with Crippen LogP contribution >= 0.6 is 0 Å². The van der Waals surface area contributed by atoms with Gasteiger partial charge < -0.3 is 15.1 Å². The summed E-state index contributed by atoms with van der Waals surface area (Å²) in [6.45, 7) is -0.00968. The molecule has 6 heteroatoms. The predicted molar refractivity (Wildman–Crippen MR) is 96.0 cm³/mol. The maximum Gasteiger partial charge on any atom is 0.251 e. The van der Waals surface area contributed by atoms with Gasteiger partial charge in [0.05, 0.1) is 18.3 Å². The smallest absolute Gasteiger partial charge is 0.251 e. The molecule has 0 radical (unpaired) electrons. The third-order valence-electron chi connectivity index (χ3n) is 4.71. The minimum atomic E-state index is -0.288. The van der Waals surface area contributed by atoms with Gasteiger partial charge >= 0.3 is 0 Å². The molecule has 2 N–H and O–H groups in total. The van der Waals surface area contributed by atoms with Crippen LogP contribution in [0.15, 0.2) is 47.1 Å². The number of carbonyl (C=O) groups excluding carboxylic acids is 2. The molecule has 1 aliphatic carbocycles. The van der Waals surface area contributed by atoms with Crippen molar-refractivity contribution < 1.29 is 14.0 Å². The first-order valence-corrected chi connectivity index (χ1v) is 8.78. The van der Waals surface area contributed by atoms with Crippen molar-refractivity contribution in [3.63, 3.8) is 0 Å². The number of nitrogens with zero attached hydrogens (tertiary/aromatic N) is 1. The minimum absolute atomic E-state index is 0.00968. The Balaban J connectivity index is 1.65. The molecular weight excluding hydrogens is 330 g/mol. The van der Waals surface area contributed by atoms with Gasteiger partial charge in [-0.3, -0.25) is 9.59 Å². The van der Waals surface area contributed by atoms with Crippen molar-refractivity contribution in [2.24, 2.45) is 5.92 Å². The third-order valence-corrected chi connectivity index (χ3v) is 4.71. The van der Waals surface area contributed by atoms with Crippen LogP contribution in [0.5, 0.6) is 0 Å². The summed E-state index contributed by atoms with van der Waals surface area (Å²) in [4.78, 5) is 24.8. The van der Waals surface area contributed by atoms with E-state index < -0.39 is 0 Å². The fourth-order valence-corrected chi connectivity index (χ4v) is 3.36. The predicted octanol–water partition coefficient (Wildman–Crippen LogP) is 2.87. The summed E-state index contributed by atoms with van der Waals surface area (Å²) in [5, 5.41) is 14.2. The Morgan fingerprint density at radius 2 is 1.92 bits per heavy atom. The van der Waals surface area contributed by atoms with Crippen molar-refractivity contribution in [3.05, 3.63) is 48.2 Å². The second-order valence-corrected chi connectivity index (χ2v) is 6.40. The molecule has 1 fully saturated rings. The van der Waals surface area contributed by atoms with E-state index in [1.54, 1.807) is 18.4 Å². The van der Waals surface area contributed by atoms with Gasteiger partial charge in [-0.05, 0) is 37.1 Å². The minimum Gasteiger partial charge on any atom is -0.464 e. The van der Waals surface area contributed by atoms with Crippen LogP contribution in [0.3, 0.4) is 0 Å². The highest BCUT2D eigenvalue weighted by Crippen LogP contribution is 2.25. The number of hydrogen-bond acceptors (Lipinski definition) is 4. The second kappa shape index (κ2) is 8.34. The lowest BCUT2D eigenvalue weighted by Gasteiger charge is -2.31. The highest BCUT2D eigenvalue weighted by atomic mass is 16.3. The molecule has 2 amide bonds. The van der Waals surface area contributed by atoms with Gasteiger partial charge in [0.15, 0.2) is 0 Å². The molecule has 6 nitrogen and oxygen atoms in total. The van der Waals surface area contributed by atoms with E-state index in [0.717, 1.165) is 37.0 Å². The lowest BCUT2D eigenvalue weighted by molar-refractivity contribution is -0.126. The van der Waals surface area contributed by atoms with Crippen molar-refractivity contribution in [1.29, 1.82) is 5.26 Å². The van der Waals surface area contributed by atoms with E-state index in [9.17, 15) is 9.59 Å². The topological polar surface area (TPSA) is 95.1 Å². The molecule has 1 aromatic carbocycles. The number of nitrogens with one attached hydrogen (secondary N) is 2. The molecule has 1 heterocycles. The SMILES string of the molecule is N#CCNC(=O)[C@@H]1CCCC[C@@H]1NC(=O)c1ccc(-c2ccco2)cc1. The highest BCUT2D eigenvalue weighted by Gasteiger charge is 2.32. The fraction of sp³-hybridized carbons (Fsp3) is 0.350. The Hall–Kier alpha value is -3.07. The Kier molecular flexibility index (Phi) is 5.69. The summed E-state index contributed by atoms with van der Waals surface area (Å²) in [7, 11) is 0. The maximum atomic E-state index is 12.6. The lowest BCUT2D eigenvalue weighted by Crippen LogP contribution is -2.48. The van der Waals surface area contributed by atoms with Gasteiger partial charge in [-0.2, -0.15) is 5.26 Å². The molecular formula is C20H21N3O3. The van der Waals surface area contributed by atoms with E-state index in [2.05, 4.69) is 10.6 Å². The largest absolute Gasteiger partial charge is 0.464 e. The van der Waals surface area contributed by atoms with E-state index in [4.69, 9.17) is 9.68 Å². The molecule has 2 atom stereocenters. The van der Waals surface area contributed by atoms with E-state index in [1.165, 1.54) is 0 Å². The van der Waals surface area contributed by atoms with Crippen LogP contribution in [0.2, 0.25) is 0 Å². The Morgan fingerprint density at radius 3 is 2.62 bits per heavy atom. The number of amides is 2. The summed E-state index contributed by atoms with van der Waals surface area (Å²) in [5.74, 6) is 0.104. The monoisotopic (exact) mass is 351 g/mol. The van der Waals surface area contributed by atoms with Gasteiger partial charge in [0.1, 0.15) is 12.3 Å². The number of rotatable bonds is 5. The molecule has 1 aliphatic rings. The van der Waals surface area contributed by atoms with Crippen molar-refractivity contribution >= 4 is 11.8 Å². The number of nitriles is 1. The molecule has 0 spiro atoms. The first kappa shape index (κ1) is 17.7. The number of hydrogen-bond donors (Lipinski definition) is 2. The Morgan fingerprint density at radius 1 is 1.15 bits per heavy atom. The van der Waals surface area contributed by atoms with Crippen LogP contribution in [0.4, 0.5) is 0 Å². The molecule has 1 aromatic heterocycles. The Labute approximate surface area is 152 Å². The standard InChI is InChI=1S/C20H21N3O3/c21-11-12-22-20(25)16-4-1-2-5-17(16)23-19(24)15-9-7-14(8-10-15)18-6-3-13-26-18/h3,6-10,13,16-17H,1-2,4-5,12H2,(H,22,25)(H,23,24)/t16-,17+/m1/s1. The summed E-state index contributed by atoms with van der Waals surface area (Å²) < 4.78 is 5.35. The van der Waals surface area contributed by atoms with Gasteiger partial charge in [-0.25, -0.2) is 0 Å². The van der Waals surface area contributed by atoms with Crippen LogP contribution in [0.1, 0.15) is 36.0 Å². The second-order valence-electron chi connectivity index (χ2n) is 6.40. The van der Waals surface area contributed by atoms with Crippen LogP contribution < -0.4 is 10.6 Å². The summed E-state index contributed by atoms with van der Waals surface area (Å²) in [5.41, 5.74) is 1.44. The molecule has 0 aliphatic heterocycles. The molecule has 2 aromatic rings. The zero-order chi connectivity index (χ0) is 18.4. The van der Waals surface area contributed by atoms with E-state index >= 15 is 0 Å². The first-order valence-electron chi connectivity index (χ1n) is 8.78. The van der Waals surface area contributed by atoms with Crippen molar-refractivity contribution in [2.75, 3.05) is 6.54 Å². The lowest BCUT2D eigenvalue weighted by atomic mass is 9.83. The Bertz CT molecular complexity index is 791. The fourth-order valence-electron chi connectivity index (χ4n) is 3.36. The average molecular weight is 351 g/mol. The van der Waals surface area contributed by atoms with E-state index in [1.807, 2.05) is 30.3 Å².